The first-order valence-corrected chi connectivity index (χ1v) is 16.0. The van der Waals surface area contributed by atoms with Crippen LogP contribution in [0.3, 0.4) is 0 Å². The summed E-state index contributed by atoms with van der Waals surface area (Å²) in [5, 5.41) is 0. The maximum atomic E-state index is 12.0. The number of aromatic amines is 2. The van der Waals surface area contributed by atoms with Crippen molar-refractivity contribution in [2.24, 2.45) is 0 Å². The van der Waals surface area contributed by atoms with Crippen LogP contribution in [0.4, 0.5) is 11.4 Å². The summed E-state index contributed by atoms with van der Waals surface area (Å²) in [6.07, 6.45) is 3.52. The second kappa shape index (κ2) is 18.8. The van der Waals surface area contributed by atoms with Crippen LogP contribution in [0, 0.1) is 4.77 Å². The summed E-state index contributed by atoms with van der Waals surface area (Å²) in [6.45, 7) is 6.61. The Labute approximate surface area is 289 Å². The van der Waals surface area contributed by atoms with Crippen molar-refractivity contribution in [1.82, 2.24) is 19.4 Å². The summed E-state index contributed by atoms with van der Waals surface area (Å²) < 4.78 is 53.7. The average molecular weight is 659 g/mol. The smallest absolute Gasteiger partial charge is 0.433 e. The van der Waals surface area contributed by atoms with Crippen molar-refractivity contribution in [3.05, 3.63) is 41.2 Å². The van der Waals surface area contributed by atoms with Crippen LogP contribution in [0.15, 0.2) is 46.2 Å². The minimum atomic E-state index is -3.46. The number of imidazole rings is 1. The van der Waals surface area contributed by atoms with E-state index in [-0.39, 0.29) is 66.9 Å². The summed E-state index contributed by atoms with van der Waals surface area (Å²) >= 11 is 13.7. The molecule has 0 fully saturated rings. The first-order valence-electron chi connectivity index (χ1n) is 11.8. The van der Waals surface area contributed by atoms with E-state index in [1.54, 1.807) is 25.1 Å². The fourth-order valence-electron chi connectivity index (χ4n) is 2.83. The summed E-state index contributed by atoms with van der Waals surface area (Å²) in [5.41, 5.74) is 13.2. The van der Waals surface area contributed by atoms with E-state index in [2.05, 4.69) is 44.3 Å². The number of aromatic nitrogens is 2. The molecule has 0 radical (unpaired) electrons. The number of nitrogens with one attached hydrogen (secondary N) is 4. The van der Waals surface area contributed by atoms with Crippen LogP contribution in [0.2, 0.25) is 0 Å². The molecule has 0 bridgehead atoms. The maximum absolute atomic E-state index is 12.0. The van der Waals surface area contributed by atoms with Gasteiger partial charge in [-0.2, -0.15) is 4.20 Å². The molecule has 0 spiro atoms. The van der Waals surface area contributed by atoms with Crippen LogP contribution in [0.25, 0.3) is 11.0 Å². The van der Waals surface area contributed by atoms with Gasteiger partial charge in [-0.15, -0.1) is 0 Å². The number of H-pyrrole nitrogens is 2. The molecule has 212 valence electrons. The molecular formula is C23H35KN6O4S5. The molecule has 3 aromatic rings. The van der Waals surface area contributed by atoms with E-state index in [4.69, 9.17) is 23.7 Å². The number of unbranched alkanes of at least 4 members (excludes halogenated alkanes) is 2. The molecule has 0 aliphatic carbocycles. The number of nitrogen functional groups attached to an aromatic ring is 2. The summed E-state index contributed by atoms with van der Waals surface area (Å²) in [5.74, 6) is 0. The Kier molecular flexibility index (Phi) is 18.6. The molecule has 0 unspecified atom stereocenters. The van der Waals surface area contributed by atoms with Gasteiger partial charge in [-0.25, -0.2) is 26.3 Å². The molecule has 0 amide bonds. The molecule has 10 nitrogen and oxygen atoms in total. The van der Waals surface area contributed by atoms with Crippen molar-refractivity contribution in [2.45, 2.75) is 56.2 Å². The molecule has 16 heteroatoms. The van der Waals surface area contributed by atoms with Crippen LogP contribution in [-0.2, 0) is 32.7 Å². The van der Waals surface area contributed by atoms with E-state index in [0.29, 0.717) is 33.3 Å². The van der Waals surface area contributed by atoms with Gasteiger partial charge in [-0.1, -0.05) is 33.6 Å². The van der Waals surface area contributed by atoms with Crippen molar-refractivity contribution >= 4 is 83.7 Å². The Hall–Kier alpha value is -0.504. The number of hydrogen-bond acceptors (Lipinski definition) is 9. The Bertz CT molecular complexity index is 1470. The zero-order chi connectivity index (χ0) is 28.9. The van der Waals surface area contributed by atoms with Gasteiger partial charge >= 0.3 is 51.4 Å². The number of benzene rings is 2. The quantitative estimate of drug-likeness (QED) is 0.0613. The largest absolute Gasteiger partial charge is 1.00 e. The van der Waals surface area contributed by atoms with Crippen LogP contribution >= 0.6 is 24.4 Å². The maximum Gasteiger partial charge on any atom is 1.00 e. The standard InChI is InChI=1S/C11H15N3O2S2.C10H17N3O2S.C2H4S2.K/c1-2-3-6-12-18(15,16)8-4-5-9-10(7-8)14-11(17)13-9;1-2-3-6-13-16(14,15)8-4-5-9(11)10(12)7-8;1-2(3)4;/h4-5,7,12H,2-3,6H2,1H3,(H2,13,14,17);4-5,7,13H,2-3,6,11-12H2,1H3;1H3,(H,3,4);/q;;;+1/p-1. The third-order valence-electron chi connectivity index (χ3n) is 4.81. The predicted octanol–water partition coefficient (Wildman–Crippen LogP) is 1.12. The number of fused-ring (bicyclic) bond motifs is 1. The summed E-state index contributed by atoms with van der Waals surface area (Å²) in [6, 6.07) is 9.15. The fraction of sp³-hybridized carbons (Fsp3) is 0.391. The number of hydrogen-bond donors (Lipinski definition) is 6. The minimum absolute atomic E-state index is 0. The second-order valence-electron chi connectivity index (χ2n) is 8.07. The van der Waals surface area contributed by atoms with Gasteiger partial charge < -0.3 is 46.3 Å². The normalized spacial score (nSPS) is 10.9. The number of sulfonamides is 2. The number of rotatable bonds is 10. The van der Waals surface area contributed by atoms with E-state index >= 15 is 0 Å². The minimum Gasteiger partial charge on any atom is -0.433 e. The third-order valence-corrected chi connectivity index (χ3v) is 7.93. The molecule has 0 aliphatic heterocycles. The van der Waals surface area contributed by atoms with Crippen molar-refractivity contribution < 1.29 is 68.2 Å². The Morgan fingerprint density at radius 2 is 1.28 bits per heavy atom. The van der Waals surface area contributed by atoms with E-state index in [1.807, 2.05) is 13.8 Å². The summed E-state index contributed by atoms with van der Waals surface area (Å²) in [4.78, 5) is 6.23. The van der Waals surface area contributed by atoms with Crippen LogP contribution < -0.4 is 72.3 Å². The molecule has 1 heterocycles. The molecular weight excluding hydrogens is 624 g/mol. The Morgan fingerprint density at radius 1 is 0.846 bits per heavy atom. The molecule has 0 atom stereocenters. The zero-order valence-electron chi connectivity index (χ0n) is 22.5. The van der Waals surface area contributed by atoms with Crippen LogP contribution in [0.5, 0.6) is 0 Å². The van der Waals surface area contributed by atoms with Gasteiger partial charge in [0.1, 0.15) is 0 Å². The van der Waals surface area contributed by atoms with Gasteiger partial charge in [-0.3, -0.25) is 0 Å². The molecule has 0 saturated heterocycles. The van der Waals surface area contributed by atoms with Gasteiger partial charge in [0.2, 0.25) is 20.0 Å². The molecule has 2 aromatic carbocycles. The third kappa shape index (κ3) is 14.3. The zero-order valence-corrected chi connectivity index (χ0v) is 29.7. The monoisotopic (exact) mass is 658 g/mol. The topological polar surface area (TPSA) is 176 Å². The molecule has 0 saturated carbocycles. The molecule has 39 heavy (non-hydrogen) atoms. The van der Waals surface area contributed by atoms with Crippen molar-refractivity contribution in [1.29, 1.82) is 0 Å². The van der Waals surface area contributed by atoms with E-state index in [9.17, 15) is 16.8 Å². The van der Waals surface area contributed by atoms with E-state index in [1.165, 1.54) is 18.2 Å². The molecule has 8 N–H and O–H groups in total. The van der Waals surface area contributed by atoms with Gasteiger partial charge in [0.15, 0.2) is 4.77 Å². The SMILES string of the molecule is CC(=S)[S-].CCCCNS(=O)(=O)c1ccc(N)c(N)c1.CCCCNS(=O)(=O)c1ccc2[nH]c(=S)[nH]c2c1.[K+]. The number of nitrogens with two attached hydrogens (primary N) is 2. The fourth-order valence-corrected chi connectivity index (χ4v) is 5.26. The second-order valence-corrected chi connectivity index (χ2v) is 13.5. The van der Waals surface area contributed by atoms with Gasteiger partial charge in [0.05, 0.1) is 32.2 Å². The Morgan fingerprint density at radius 3 is 1.74 bits per heavy atom. The van der Waals surface area contributed by atoms with Gasteiger partial charge in [0, 0.05) is 13.1 Å². The van der Waals surface area contributed by atoms with Crippen molar-refractivity contribution in [3.63, 3.8) is 0 Å². The van der Waals surface area contributed by atoms with Crippen LogP contribution in [0.1, 0.15) is 46.5 Å². The molecule has 0 aliphatic rings. The first kappa shape index (κ1) is 38.5. The van der Waals surface area contributed by atoms with Crippen LogP contribution in [-0.4, -0.2) is 44.1 Å². The average Bonchev–Trinajstić information content (AvgIpc) is 3.20. The van der Waals surface area contributed by atoms with Gasteiger partial charge in [-0.05, 0) is 61.5 Å². The van der Waals surface area contributed by atoms with Gasteiger partial charge in [0.25, 0.3) is 0 Å². The van der Waals surface area contributed by atoms with E-state index in [0.717, 1.165) is 31.2 Å². The van der Waals surface area contributed by atoms with Crippen molar-refractivity contribution in [2.75, 3.05) is 24.6 Å². The molecule has 1 aromatic heterocycles. The predicted molar refractivity (Wildman–Crippen MR) is 165 cm³/mol. The first-order chi connectivity index (χ1) is 17.7. The van der Waals surface area contributed by atoms with Crippen molar-refractivity contribution in [3.8, 4) is 0 Å². The number of thiocarbonyl (C=S) groups is 1. The molecule has 3 rings (SSSR count). The van der Waals surface area contributed by atoms with E-state index < -0.39 is 20.0 Å². The summed E-state index contributed by atoms with van der Waals surface area (Å²) in [7, 11) is -6.89. The number of anilines is 2. The Balaban J connectivity index is 0.000000641.